The molecule has 0 rings (SSSR count). The first-order valence-corrected chi connectivity index (χ1v) is 5.64. The molecule has 0 spiro atoms. The predicted octanol–water partition coefficient (Wildman–Crippen LogP) is 2.36. The van der Waals surface area contributed by atoms with Gasteiger partial charge in [-0.05, 0) is 27.2 Å². The number of rotatable bonds is 6. The van der Waals surface area contributed by atoms with E-state index in [1.165, 1.54) is 14.2 Å². The lowest BCUT2D eigenvalue weighted by molar-refractivity contribution is -0.186. The lowest BCUT2D eigenvalue weighted by Gasteiger charge is -2.27. The third-order valence-corrected chi connectivity index (χ3v) is 2.10. The lowest BCUT2D eigenvalue weighted by Crippen LogP contribution is -2.36. The fourth-order valence-electron chi connectivity index (χ4n) is 1.48. The van der Waals surface area contributed by atoms with Gasteiger partial charge < -0.3 is 14.2 Å². The molecule has 0 aliphatic carbocycles. The van der Waals surface area contributed by atoms with Gasteiger partial charge in [-0.1, -0.05) is 13.3 Å². The van der Waals surface area contributed by atoms with Gasteiger partial charge in [-0.3, -0.25) is 4.79 Å². The smallest absolute Gasteiger partial charge is 0.314 e. The van der Waals surface area contributed by atoms with Gasteiger partial charge in [-0.25, -0.2) is 0 Å². The minimum absolute atomic E-state index is 0.261. The van der Waals surface area contributed by atoms with Crippen LogP contribution in [0, 0.1) is 5.92 Å². The number of ether oxygens (including phenoxy) is 3. The first-order valence-electron chi connectivity index (χ1n) is 5.64. The van der Waals surface area contributed by atoms with Gasteiger partial charge in [0.2, 0.25) is 0 Å². The molecule has 4 nitrogen and oxygen atoms in total. The first-order chi connectivity index (χ1) is 7.35. The van der Waals surface area contributed by atoms with E-state index < -0.39 is 11.9 Å². The normalized spacial score (nSPS) is 13.9. The SMILES string of the molecule is CCCC(C(=O)OC(C)(C)C)C(OC)OC. The molecule has 96 valence electrons. The molecule has 0 N–H and O–H groups in total. The molecule has 0 fully saturated rings. The number of esters is 1. The van der Waals surface area contributed by atoms with E-state index in [0.29, 0.717) is 6.42 Å². The van der Waals surface area contributed by atoms with E-state index >= 15 is 0 Å². The fraction of sp³-hybridized carbons (Fsp3) is 0.917. The maximum Gasteiger partial charge on any atom is 0.314 e. The monoisotopic (exact) mass is 232 g/mol. The van der Waals surface area contributed by atoms with Crippen molar-refractivity contribution in [3.63, 3.8) is 0 Å². The van der Waals surface area contributed by atoms with E-state index in [4.69, 9.17) is 14.2 Å². The summed E-state index contributed by atoms with van der Waals surface area (Å²) in [6, 6.07) is 0. The van der Waals surface area contributed by atoms with Crippen LogP contribution in [0.15, 0.2) is 0 Å². The van der Waals surface area contributed by atoms with Crippen LogP contribution in [0.25, 0.3) is 0 Å². The van der Waals surface area contributed by atoms with Gasteiger partial charge in [0.15, 0.2) is 6.29 Å². The Kier molecular flexibility index (Phi) is 6.60. The summed E-state index contributed by atoms with van der Waals surface area (Å²) in [5.74, 6) is -0.623. The Bertz CT molecular complexity index is 204. The van der Waals surface area contributed by atoms with Crippen molar-refractivity contribution in [1.29, 1.82) is 0 Å². The van der Waals surface area contributed by atoms with Crippen molar-refractivity contribution in [2.75, 3.05) is 14.2 Å². The van der Waals surface area contributed by atoms with E-state index in [1.54, 1.807) is 0 Å². The Balaban J connectivity index is 4.57. The largest absolute Gasteiger partial charge is 0.460 e. The minimum atomic E-state index is -0.533. The average molecular weight is 232 g/mol. The maximum atomic E-state index is 11.9. The van der Waals surface area contributed by atoms with Crippen molar-refractivity contribution in [3.05, 3.63) is 0 Å². The number of carbonyl (C=O) groups excluding carboxylic acids is 1. The van der Waals surface area contributed by atoms with Crippen LogP contribution >= 0.6 is 0 Å². The van der Waals surface area contributed by atoms with Gasteiger partial charge in [-0.15, -0.1) is 0 Å². The predicted molar refractivity (Wildman–Crippen MR) is 62.0 cm³/mol. The third-order valence-electron chi connectivity index (χ3n) is 2.10. The molecule has 0 aliphatic heterocycles. The standard InChI is InChI=1S/C12H24O4/c1-7-8-9(11(14-5)15-6)10(13)16-12(2,3)4/h9,11H,7-8H2,1-6H3. The molecule has 0 saturated heterocycles. The molecular formula is C12H24O4. The molecule has 16 heavy (non-hydrogen) atoms. The van der Waals surface area contributed by atoms with E-state index in [1.807, 2.05) is 27.7 Å². The maximum absolute atomic E-state index is 11.9. The van der Waals surface area contributed by atoms with Crippen LogP contribution in [0.5, 0.6) is 0 Å². The first kappa shape index (κ1) is 15.4. The average Bonchev–Trinajstić information content (AvgIpc) is 2.15. The highest BCUT2D eigenvalue weighted by atomic mass is 16.7. The molecule has 1 atom stereocenters. The van der Waals surface area contributed by atoms with Crippen molar-refractivity contribution in [1.82, 2.24) is 0 Å². The summed E-state index contributed by atoms with van der Waals surface area (Å²) in [4.78, 5) is 11.9. The number of methoxy groups -OCH3 is 2. The zero-order chi connectivity index (χ0) is 12.8. The molecule has 1 unspecified atom stereocenters. The van der Waals surface area contributed by atoms with Crippen molar-refractivity contribution in [2.24, 2.45) is 5.92 Å². The molecule has 0 heterocycles. The molecule has 0 aromatic heterocycles. The highest BCUT2D eigenvalue weighted by Gasteiger charge is 2.31. The Labute approximate surface area is 98.3 Å². The molecule has 0 amide bonds. The Hall–Kier alpha value is -0.610. The van der Waals surface area contributed by atoms with E-state index in [9.17, 15) is 4.79 Å². The Morgan fingerprint density at radius 2 is 1.69 bits per heavy atom. The minimum Gasteiger partial charge on any atom is -0.460 e. The Morgan fingerprint density at radius 3 is 2.00 bits per heavy atom. The molecule has 0 saturated carbocycles. The van der Waals surface area contributed by atoms with Crippen molar-refractivity contribution in [3.8, 4) is 0 Å². The molecule has 0 aliphatic rings. The second kappa shape index (κ2) is 6.86. The Morgan fingerprint density at radius 1 is 1.19 bits per heavy atom. The summed E-state index contributed by atoms with van der Waals surface area (Å²) >= 11 is 0. The molecule has 0 radical (unpaired) electrons. The molecule has 0 bridgehead atoms. The molecule has 0 aromatic rings. The van der Waals surface area contributed by atoms with Crippen LogP contribution in [0.3, 0.4) is 0 Å². The highest BCUT2D eigenvalue weighted by molar-refractivity contribution is 5.73. The zero-order valence-corrected chi connectivity index (χ0v) is 11.2. The zero-order valence-electron chi connectivity index (χ0n) is 11.2. The van der Waals surface area contributed by atoms with E-state index in [-0.39, 0.29) is 11.9 Å². The second-order valence-electron chi connectivity index (χ2n) is 4.77. The molecular weight excluding hydrogens is 208 g/mol. The van der Waals surface area contributed by atoms with Crippen LogP contribution in [-0.2, 0) is 19.0 Å². The quantitative estimate of drug-likeness (QED) is 0.521. The van der Waals surface area contributed by atoms with Crippen LogP contribution in [-0.4, -0.2) is 32.1 Å². The molecule has 0 aromatic carbocycles. The van der Waals surface area contributed by atoms with Gasteiger partial charge >= 0.3 is 5.97 Å². The van der Waals surface area contributed by atoms with Crippen molar-refractivity contribution < 1.29 is 19.0 Å². The summed E-state index contributed by atoms with van der Waals surface area (Å²) in [5, 5.41) is 0. The summed E-state index contributed by atoms with van der Waals surface area (Å²) in [5.41, 5.74) is -0.477. The third kappa shape index (κ3) is 5.47. The number of carbonyl (C=O) groups is 1. The fourth-order valence-corrected chi connectivity index (χ4v) is 1.48. The van der Waals surface area contributed by atoms with Crippen molar-refractivity contribution in [2.45, 2.75) is 52.4 Å². The van der Waals surface area contributed by atoms with Crippen LogP contribution in [0.2, 0.25) is 0 Å². The summed E-state index contributed by atoms with van der Waals surface area (Å²) in [6.07, 6.45) is 1.05. The topological polar surface area (TPSA) is 44.8 Å². The summed E-state index contributed by atoms with van der Waals surface area (Å²) in [7, 11) is 3.06. The summed E-state index contributed by atoms with van der Waals surface area (Å²) in [6.45, 7) is 7.56. The van der Waals surface area contributed by atoms with Crippen molar-refractivity contribution >= 4 is 5.97 Å². The van der Waals surface area contributed by atoms with E-state index in [0.717, 1.165) is 6.42 Å². The molecule has 4 heteroatoms. The lowest BCUT2D eigenvalue weighted by atomic mass is 10.0. The van der Waals surface area contributed by atoms with Crippen LogP contribution in [0.4, 0.5) is 0 Å². The van der Waals surface area contributed by atoms with Gasteiger partial charge in [0.1, 0.15) is 11.5 Å². The van der Waals surface area contributed by atoms with Gasteiger partial charge in [0.25, 0.3) is 0 Å². The number of hydrogen-bond acceptors (Lipinski definition) is 4. The van der Waals surface area contributed by atoms with Gasteiger partial charge in [0.05, 0.1) is 0 Å². The van der Waals surface area contributed by atoms with Crippen LogP contribution < -0.4 is 0 Å². The number of hydrogen-bond donors (Lipinski definition) is 0. The summed E-state index contributed by atoms with van der Waals surface area (Å²) < 4.78 is 15.6. The highest BCUT2D eigenvalue weighted by Crippen LogP contribution is 2.20. The van der Waals surface area contributed by atoms with Gasteiger partial charge in [0, 0.05) is 14.2 Å². The van der Waals surface area contributed by atoms with E-state index in [2.05, 4.69) is 0 Å². The second-order valence-corrected chi connectivity index (χ2v) is 4.77. The van der Waals surface area contributed by atoms with Gasteiger partial charge in [-0.2, -0.15) is 0 Å². The van der Waals surface area contributed by atoms with Crippen LogP contribution in [0.1, 0.15) is 40.5 Å².